The first-order chi connectivity index (χ1) is 33.9. The smallest absolute Gasteiger partial charge is 0.317 e. The van der Waals surface area contributed by atoms with Crippen LogP contribution in [0.4, 0.5) is 4.79 Å². The van der Waals surface area contributed by atoms with Gasteiger partial charge in [0.15, 0.2) is 0 Å². The molecule has 1 unspecified atom stereocenters. The fraction of sp³-hybridized carbons (Fsp3) is 0.529. The van der Waals surface area contributed by atoms with Gasteiger partial charge < -0.3 is 64.0 Å². The summed E-state index contributed by atoms with van der Waals surface area (Å²) in [5.41, 5.74) is 7.94. The monoisotopic (exact) mass is 1000 g/mol. The van der Waals surface area contributed by atoms with Crippen molar-refractivity contribution in [2.24, 2.45) is 12.5 Å². The molecule has 2 aliphatic rings. The van der Waals surface area contributed by atoms with Crippen LogP contribution in [0, 0.1) is 12.3 Å². The molecule has 19 nitrogen and oxygen atoms in total. The highest BCUT2D eigenvalue weighted by Gasteiger charge is 2.44. The van der Waals surface area contributed by atoms with E-state index in [4.69, 9.17) is 23.7 Å². The van der Waals surface area contributed by atoms with Crippen molar-refractivity contribution in [3.05, 3.63) is 86.4 Å². The molecule has 4 aromatic rings. The molecule has 4 heterocycles. The summed E-state index contributed by atoms with van der Waals surface area (Å²) in [7, 11) is 8.91. The Hall–Kier alpha value is -5.90. The Balaban J connectivity index is 0.873. The van der Waals surface area contributed by atoms with E-state index in [1.807, 2.05) is 89.3 Å². The molecule has 0 spiro atoms. The molecule has 386 valence electrons. The predicted octanol–water partition coefficient (Wildman–Crippen LogP) is 3.49. The Morgan fingerprint density at radius 3 is 2.21 bits per heavy atom. The van der Waals surface area contributed by atoms with E-state index in [-0.39, 0.29) is 89.7 Å². The number of ether oxygens (including phenoxy) is 5. The van der Waals surface area contributed by atoms with E-state index in [2.05, 4.69) is 20.9 Å². The zero-order chi connectivity index (χ0) is 51.4. The fourth-order valence-corrected chi connectivity index (χ4v) is 9.57. The van der Waals surface area contributed by atoms with E-state index in [0.29, 0.717) is 36.6 Å². The molecule has 2 aromatic heterocycles. The van der Waals surface area contributed by atoms with Gasteiger partial charge in [-0.05, 0) is 67.2 Å². The van der Waals surface area contributed by atoms with Crippen LogP contribution < -0.4 is 31.0 Å². The number of carbonyl (C=O) groups is 4. The van der Waals surface area contributed by atoms with Gasteiger partial charge in [-0.25, -0.2) is 9.78 Å². The van der Waals surface area contributed by atoms with E-state index < -0.39 is 35.4 Å². The molecule has 0 bridgehead atoms. The van der Waals surface area contributed by atoms with Crippen LogP contribution in [-0.4, -0.2) is 159 Å². The zero-order valence-corrected chi connectivity index (χ0v) is 43.2. The number of hydrogen-bond acceptors (Lipinski definition) is 14. The number of rotatable bonds is 22. The number of benzene rings is 2. The number of β-amino-alcohol motifs (C(OH)–C–C–N with tert-alkyl or cyclic N) is 1. The lowest BCUT2D eigenvalue weighted by molar-refractivity contribution is -0.144. The van der Waals surface area contributed by atoms with Crippen molar-refractivity contribution < 1.29 is 48.0 Å². The van der Waals surface area contributed by atoms with Crippen LogP contribution in [0.3, 0.4) is 0 Å². The van der Waals surface area contributed by atoms with E-state index in [1.165, 1.54) is 4.90 Å². The van der Waals surface area contributed by atoms with Crippen molar-refractivity contribution in [3.8, 4) is 33.1 Å². The van der Waals surface area contributed by atoms with Crippen molar-refractivity contribution in [3.63, 3.8) is 0 Å². The van der Waals surface area contributed by atoms with Crippen molar-refractivity contribution in [1.29, 1.82) is 0 Å². The largest absolute Gasteiger partial charge is 0.496 e. The summed E-state index contributed by atoms with van der Waals surface area (Å²) >= 11 is 1.57. The number of thiazole rings is 1. The second kappa shape index (κ2) is 25.0. The Morgan fingerprint density at radius 1 is 0.930 bits per heavy atom. The number of amides is 5. The van der Waals surface area contributed by atoms with Gasteiger partial charge in [0, 0.05) is 63.5 Å². The molecule has 6 rings (SSSR count). The highest BCUT2D eigenvalue weighted by Crippen LogP contribution is 2.38. The van der Waals surface area contributed by atoms with Crippen LogP contribution in [0.25, 0.3) is 21.6 Å². The highest BCUT2D eigenvalue weighted by molar-refractivity contribution is 7.13. The lowest BCUT2D eigenvalue weighted by Crippen LogP contribution is -2.58. The SMILES string of the molecule is COc1cc(-c2cn(C)c(=O)c3c2CCN(C(=O)NCCOCCOCCOCC(=O)NC(C(=O)N2C[C@@H](O)C[C@@H]2C(=O)NCc2ccc(-c4scnc4C)cc2)C(C)(C)C)C3)cc(OC)c1CN(C)C. The van der Waals surface area contributed by atoms with Crippen LogP contribution >= 0.6 is 11.3 Å². The number of pyridine rings is 1. The molecule has 71 heavy (non-hydrogen) atoms. The lowest BCUT2D eigenvalue weighted by atomic mass is 9.85. The van der Waals surface area contributed by atoms with Gasteiger partial charge in [0.2, 0.25) is 17.7 Å². The van der Waals surface area contributed by atoms with Gasteiger partial charge >= 0.3 is 6.03 Å². The quantitative estimate of drug-likeness (QED) is 0.0832. The molecule has 2 aromatic carbocycles. The molecule has 4 N–H and O–H groups in total. The van der Waals surface area contributed by atoms with Crippen molar-refractivity contribution in [1.82, 2.24) is 40.2 Å². The number of aromatic nitrogens is 2. The van der Waals surface area contributed by atoms with E-state index in [1.54, 1.807) is 47.6 Å². The van der Waals surface area contributed by atoms with Gasteiger partial charge in [0.1, 0.15) is 30.2 Å². The van der Waals surface area contributed by atoms with Crippen LogP contribution in [0.15, 0.2) is 52.9 Å². The topological polar surface area (TPSA) is 215 Å². The average molecular weight is 1000 g/mol. The molecule has 3 atom stereocenters. The number of aryl methyl sites for hydroxylation is 2. The number of carbonyl (C=O) groups excluding carboxylic acids is 4. The molecule has 0 radical (unpaired) electrons. The standard InChI is InChI=1S/C51H70N8O11S/c1-32-45(71-31-54-32)34-12-10-33(11-13-34)25-53-47(62)41-24-36(60)26-59(41)49(64)46(51(2,3)4)55-44(61)30-70-21-20-69-19-18-68-17-15-52-50(65)58-16-14-37-38(28-57(7)48(63)39(37)29-58)35-22-42(66-8)40(27-56(5)6)43(23-35)67-9/h10-13,22-23,28,31,36,41,46,60H,14-21,24-27,29-30H2,1-9H3,(H,52,65)(H,53,62)(H,55,61)/t36-,41+,46?/m0/s1. The zero-order valence-electron chi connectivity index (χ0n) is 42.4. The number of aliphatic hydroxyl groups excluding tert-OH is 1. The third-order valence-electron chi connectivity index (χ3n) is 12.5. The first-order valence-electron chi connectivity index (χ1n) is 23.8. The minimum atomic E-state index is -0.989. The number of hydrogen-bond donors (Lipinski definition) is 4. The first-order valence-corrected chi connectivity index (χ1v) is 24.7. The lowest BCUT2D eigenvalue weighted by Gasteiger charge is -2.35. The highest BCUT2D eigenvalue weighted by atomic mass is 32.1. The summed E-state index contributed by atoms with van der Waals surface area (Å²) < 4.78 is 29.8. The van der Waals surface area contributed by atoms with Crippen LogP contribution in [-0.2, 0) is 61.7 Å². The molecular weight excluding hydrogens is 933 g/mol. The summed E-state index contributed by atoms with van der Waals surface area (Å²) in [6, 6.07) is 9.58. The summed E-state index contributed by atoms with van der Waals surface area (Å²) in [5.74, 6) is 0.0192. The van der Waals surface area contributed by atoms with Gasteiger partial charge in [-0.15, -0.1) is 11.3 Å². The van der Waals surface area contributed by atoms with Crippen LogP contribution in [0.2, 0.25) is 0 Å². The van der Waals surface area contributed by atoms with Gasteiger partial charge in [0.25, 0.3) is 5.56 Å². The van der Waals surface area contributed by atoms with Gasteiger partial charge in [-0.2, -0.15) is 0 Å². The Bertz CT molecular complexity index is 2520. The third-order valence-corrected chi connectivity index (χ3v) is 13.4. The third kappa shape index (κ3) is 14.2. The normalized spacial score (nSPS) is 16.2. The summed E-state index contributed by atoms with van der Waals surface area (Å²) in [6.45, 7) is 9.84. The van der Waals surface area contributed by atoms with Gasteiger partial charge in [-0.1, -0.05) is 45.0 Å². The predicted molar refractivity (Wildman–Crippen MR) is 269 cm³/mol. The van der Waals surface area contributed by atoms with Crippen molar-refractivity contribution >= 4 is 35.1 Å². The Morgan fingerprint density at radius 2 is 1.59 bits per heavy atom. The number of nitrogens with zero attached hydrogens (tertiary/aromatic N) is 5. The van der Waals surface area contributed by atoms with Gasteiger partial charge in [0.05, 0.1) is 81.5 Å². The molecule has 2 aliphatic heterocycles. The minimum Gasteiger partial charge on any atom is -0.496 e. The summed E-state index contributed by atoms with van der Waals surface area (Å²) in [5, 5.41) is 19.1. The second-order valence-corrected chi connectivity index (χ2v) is 20.0. The van der Waals surface area contributed by atoms with Crippen molar-refractivity contribution in [2.45, 2.75) is 78.4 Å². The van der Waals surface area contributed by atoms with Crippen LogP contribution in [0.1, 0.15) is 55.1 Å². The van der Waals surface area contributed by atoms with Gasteiger partial charge in [-0.3, -0.25) is 19.2 Å². The maximum atomic E-state index is 14.0. The Labute approximate surface area is 419 Å². The maximum absolute atomic E-state index is 14.0. The van der Waals surface area contributed by atoms with E-state index in [9.17, 15) is 29.1 Å². The maximum Gasteiger partial charge on any atom is 0.317 e. The first kappa shape index (κ1) is 54.4. The fourth-order valence-electron chi connectivity index (χ4n) is 8.76. The number of aliphatic hydroxyl groups is 1. The minimum absolute atomic E-state index is 0.0324. The number of methoxy groups -OCH3 is 2. The van der Waals surface area contributed by atoms with Crippen molar-refractivity contribution in [2.75, 3.05) is 87.6 Å². The molecule has 20 heteroatoms. The Kier molecular flexibility index (Phi) is 19.1. The number of nitrogens with one attached hydrogen (secondary N) is 3. The molecular formula is C51H70N8O11S. The summed E-state index contributed by atoms with van der Waals surface area (Å²) in [6.07, 6.45) is 1.52. The van der Waals surface area contributed by atoms with Crippen LogP contribution in [0.5, 0.6) is 11.5 Å². The van der Waals surface area contributed by atoms with E-state index in [0.717, 1.165) is 44.0 Å². The average Bonchev–Trinajstić information content (AvgIpc) is 3.96. The second-order valence-electron chi connectivity index (χ2n) is 19.1. The number of urea groups is 1. The van der Waals surface area contributed by atoms with E-state index >= 15 is 0 Å². The molecule has 1 fully saturated rings. The molecule has 0 aliphatic carbocycles. The number of fused-ring (bicyclic) bond motifs is 1. The molecule has 1 saturated heterocycles. The molecule has 0 saturated carbocycles. The summed E-state index contributed by atoms with van der Waals surface area (Å²) in [4.78, 5) is 77.4. The molecule has 5 amide bonds. The number of likely N-dealkylation sites (tertiary alicyclic amines) is 1.